The van der Waals surface area contributed by atoms with Gasteiger partial charge >= 0.3 is 11.9 Å². The van der Waals surface area contributed by atoms with Gasteiger partial charge in [0, 0.05) is 59.1 Å². The molecule has 0 aromatic heterocycles. The summed E-state index contributed by atoms with van der Waals surface area (Å²) in [4.78, 5) is 28.6. The molecule has 2 aliphatic rings. The number of fused-ring (bicyclic) bond motifs is 2. The molecule has 8 heteroatoms. The summed E-state index contributed by atoms with van der Waals surface area (Å²) in [5.74, 6) is -2.51. The lowest BCUT2D eigenvalue weighted by Gasteiger charge is -2.38. The monoisotopic (exact) mass is 472 g/mol. The highest BCUT2D eigenvalue weighted by molar-refractivity contribution is 8.02. The third-order valence-electron chi connectivity index (χ3n) is 5.53. The van der Waals surface area contributed by atoms with Gasteiger partial charge in [0.1, 0.15) is 0 Å². The third kappa shape index (κ3) is 6.38. The summed E-state index contributed by atoms with van der Waals surface area (Å²) >= 11 is 3.83. The van der Waals surface area contributed by atoms with Gasteiger partial charge in [-0.1, -0.05) is 42.1 Å². The van der Waals surface area contributed by atoms with Crippen molar-refractivity contribution in [3.05, 3.63) is 65.7 Å². The molecule has 32 heavy (non-hydrogen) atoms. The van der Waals surface area contributed by atoms with Crippen molar-refractivity contribution in [1.29, 1.82) is 0 Å². The second-order valence-corrected chi connectivity index (χ2v) is 9.56. The maximum Gasteiger partial charge on any atom is 0.328 e. The van der Waals surface area contributed by atoms with Crippen LogP contribution in [0.25, 0.3) is 0 Å². The molecule has 0 bridgehead atoms. The van der Waals surface area contributed by atoms with Crippen LogP contribution in [0.15, 0.2) is 69.3 Å². The molecule has 4 rings (SSSR count). The minimum absolute atomic E-state index is 0.497. The number of carboxylic acids is 2. The maximum atomic E-state index is 9.55. The molecule has 170 valence electrons. The highest BCUT2D eigenvalue weighted by atomic mass is 32.2. The van der Waals surface area contributed by atoms with Crippen molar-refractivity contribution < 1.29 is 19.8 Å². The van der Waals surface area contributed by atoms with Gasteiger partial charge in [0.25, 0.3) is 0 Å². The van der Waals surface area contributed by atoms with Gasteiger partial charge in [-0.2, -0.15) is 0 Å². The van der Waals surface area contributed by atoms with Gasteiger partial charge < -0.3 is 15.1 Å². The molecule has 1 fully saturated rings. The van der Waals surface area contributed by atoms with E-state index in [1.165, 1.54) is 38.9 Å². The van der Waals surface area contributed by atoms with Crippen molar-refractivity contribution in [2.24, 2.45) is 0 Å². The molecule has 6 nitrogen and oxygen atoms in total. The Morgan fingerprint density at radius 2 is 1.66 bits per heavy atom. The minimum atomic E-state index is -1.26. The molecule has 1 unspecified atom stereocenters. The number of piperazine rings is 1. The molecule has 0 radical (unpaired) electrons. The number of rotatable bonds is 4. The molecule has 1 atom stereocenters. The molecule has 0 amide bonds. The van der Waals surface area contributed by atoms with Gasteiger partial charge in [0.15, 0.2) is 0 Å². The predicted octanol–water partition coefficient (Wildman–Crippen LogP) is 4.12. The van der Waals surface area contributed by atoms with E-state index < -0.39 is 11.9 Å². The molecule has 0 aliphatic carbocycles. The molecular weight excluding hydrogens is 444 g/mol. The predicted molar refractivity (Wildman–Crippen MR) is 129 cm³/mol. The van der Waals surface area contributed by atoms with E-state index in [2.05, 4.69) is 65.6 Å². The molecule has 2 N–H and O–H groups in total. The molecule has 0 saturated carbocycles. The quantitative estimate of drug-likeness (QED) is 0.508. The Morgan fingerprint density at radius 3 is 2.28 bits per heavy atom. The second kappa shape index (κ2) is 11.6. The zero-order valence-corrected chi connectivity index (χ0v) is 19.9. The number of thioether (sulfide) groups is 1. The SMILES string of the molecule is CSc1cccc2c1Sc1ccccc1CC2N1CCN(C)CC1.O=C(O)/C=C/C(=O)O. The van der Waals surface area contributed by atoms with E-state index in [0.29, 0.717) is 18.2 Å². The number of carboxylic acid groups (broad SMARTS) is 2. The van der Waals surface area contributed by atoms with Crippen molar-refractivity contribution in [2.75, 3.05) is 39.5 Å². The first-order valence-corrected chi connectivity index (χ1v) is 12.4. The number of hydrogen-bond donors (Lipinski definition) is 2. The molecule has 1 saturated heterocycles. The number of aliphatic carboxylic acids is 2. The lowest BCUT2D eigenvalue weighted by molar-refractivity contribution is -0.134. The van der Waals surface area contributed by atoms with E-state index in [4.69, 9.17) is 10.2 Å². The average Bonchev–Trinajstić information content (AvgIpc) is 2.95. The van der Waals surface area contributed by atoms with Crippen LogP contribution in [-0.2, 0) is 16.0 Å². The normalized spacial score (nSPS) is 18.8. The summed E-state index contributed by atoms with van der Waals surface area (Å²) in [6.07, 6.45) is 4.43. The Hall–Kier alpha value is -2.26. The van der Waals surface area contributed by atoms with E-state index in [1.54, 1.807) is 0 Å². The van der Waals surface area contributed by atoms with Crippen LogP contribution < -0.4 is 0 Å². The van der Waals surface area contributed by atoms with Crippen LogP contribution in [0.2, 0.25) is 0 Å². The fourth-order valence-electron chi connectivity index (χ4n) is 3.87. The van der Waals surface area contributed by atoms with Gasteiger partial charge in [-0.3, -0.25) is 4.90 Å². The van der Waals surface area contributed by atoms with Crippen LogP contribution in [0.3, 0.4) is 0 Å². The molecule has 2 heterocycles. The molecule has 0 spiro atoms. The lowest BCUT2D eigenvalue weighted by Crippen LogP contribution is -2.46. The smallest absolute Gasteiger partial charge is 0.328 e. The summed E-state index contributed by atoms with van der Waals surface area (Å²) in [6, 6.07) is 16.3. The van der Waals surface area contributed by atoms with Crippen LogP contribution in [0.4, 0.5) is 0 Å². The van der Waals surface area contributed by atoms with Gasteiger partial charge in [-0.05, 0) is 43.0 Å². The molecular formula is C24H28N2O4S2. The lowest BCUT2D eigenvalue weighted by atomic mass is 9.96. The van der Waals surface area contributed by atoms with Crippen molar-refractivity contribution >= 4 is 35.5 Å². The second-order valence-electron chi connectivity index (χ2n) is 7.66. The number of hydrogen-bond acceptors (Lipinski definition) is 6. The number of carbonyl (C=O) groups is 2. The van der Waals surface area contributed by atoms with Gasteiger partial charge in [0.05, 0.1) is 0 Å². The van der Waals surface area contributed by atoms with Crippen LogP contribution >= 0.6 is 23.5 Å². The fourth-order valence-corrected chi connectivity index (χ4v) is 5.90. The van der Waals surface area contributed by atoms with Crippen molar-refractivity contribution in [3.63, 3.8) is 0 Å². The van der Waals surface area contributed by atoms with Gasteiger partial charge in [-0.15, -0.1) is 11.8 Å². The number of benzene rings is 2. The topological polar surface area (TPSA) is 81.1 Å². The first-order chi connectivity index (χ1) is 15.4. The van der Waals surface area contributed by atoms with Crippen LogP contribution in [-0.4, -0.2) is 71.4 Å². The number of nitrogens with zero attached hydrogens (tertiary/aromatic N) is 2. The highest BCUT2D eigenvalue weighted by Gasteiger charge is 2.30. The summed E-state index contributed by atoms with van der Waals surface area (Å²) in [7, 11) is 2.23. The Kier molecular flexibility index (Phi) is 8.81. The molecule has 2 aliphatic heterocycles. The van der Waals surface area contributed by atoms with E-state index >= 15 is 0 Å². The Bertz CT molecular complexity index is 972. The average molecular weight is 473 g/mol. The number of likely N-dealkylation sites (N-methyl/N-ethyl adjacent to an activating group) is 1. The van der Waals surface area contributed by atoms with Crippen molar-refractivity contribution in [1.82, 2.24) is 9.80 Å². The highest BCUT2D eigenvalue weighted by Crippen LogP contribution is 2.46. The Balaban J connectivity index is 0.000000312. The third-order valence-corrected chi connectivity index (χ3v) is 7.72. The van der Waals surface area contributed by atoms with E-state index in [-0.39, 0.29) is 0 Å². The molecule has 2 aromatic rings. The summed E-state index contributed by atoms with van der Waals surface area (Å²) in [5, 5.41) is 15.6. The van der Waals surface area contributed by atoms with Crippen molar-refractivity contribution in [2.45, 2.75) is 27.1 Å². The van der Waals surface area contributed by atoms with Crippen molar-refractivity contribution in [3.8, 4) is 0 Å². The Morgan fingerprint density at radius 1 is 1.00 bits per heavy atom. The zero-order valence-electron chi connectivity index (χ0n) is 18.2. The minimum Gasteiger partial charge on any atom is -0.478 e. The first-order valence-electron chi connectivity index (χ1n) is 10.4. The molecule has 2 aromatic carbocycles. The fraction of sp³-hybridized carbons (Fsp3) is 0.333. The first kappa shape index (κ1) is 24.4. The standard InChI is InChI=1S/C20H24N2S2.C4H4O4/c1-21-10-12-22(13-11-21)17-14-15-6-3-4-8-18(15)24-20-16(17)7-5-9-19(20)23-2;5-3(6)1-2-4(7)8/h3-9,17H,10-14H2,1-2H3;1-2H,(H,5,6)(H,7,8)/b;2-1+. The van der Waals surface area contributed by atoms with Gasteiger partial charge in [0.2, 0.25) is 0 Å². The summed E-state index contributed by atoms with van der Waals surface area (Å²) in [5.41, 5.74) is 3.02. The largest absolute Gasteiger partial charge is 0.478 e. The van der Waals surface area contributed by atoms with Crippen LogP contribution in [0, 0.1) is 0 Å². The van der Waals surface area contributed by atoms with E-state index in [0.717, 1.165) is 19.5 Å². The van der Waals surface area contributed by atoms with E-state index in [9.17, 15) is 9.59 Å². The van der Waals surface area contributed by atoms with Crippen LogP contribution in [0.5, 0.6) is 0 Å². The van der Waals surface area contributed by atoms with Gasteiger partial charge in [-0.25, -0.2) is 9.59 Å². The zero-order chi connectivity index (χ0) is 23.1. The summed E-state index contributed by atoms with van der Waals surface area (Å²) in [6.45, 7) is 4.67. The van der Waals surface area contributed by atoms with E-state index in [1.807, 2.05) is 23.5 Å². The maximum absolute atomic E-state index is 9.55. The van der Waals surface area contributed by atoms with Crippen LogP contribution in [0.1, 0.15) is 17.2 Å². The summed E-state index contributed by atoms with van der Waals surface area (Å²) < 4.78 is 0. The Labute approximate surface area is 197 Å².